The standard InChI is InChI=1S/C12H15F5O3Si.C9H14OSi/c1-3-18-21(19-4-2,10-8-6-5-7-9-10)20-12(16,17)11(13,14)15;1-10-11(2,3)9-7-5-4-6-8-9/h5-9H,3-4H2,1-2H3;4-8H,1-3H3. The van der Waals surface area contributed by atoms with Gasteiger partial charge in [0.25, 0.3) is 0 Å². The zero-order chi connectivity index (χ0) is 24.5. The molecule has 0 amide bonds. The highest BCUT2D eigenvalue weighted by atomic mass is 28.4. The zero-order valence-corrected chi connectivity index (χ0v) is 20.7. The molecule has 32 heavy (non-hydrogen) atoms. The van der Waals surface area contributed by atoms with E-state index in [2.05, 4.69) is 41.8 Å². The Balaban J connectivity index is 0.000000389. The summed E-state index contributed by atoms with van der Waals surface area (Å²) in [6.07, 6.45) is -11.2. The van der Waals surface area contributed by atoms with Gasteiger partial charge < -0.3 is 17.7 Å². The number of hydrogen-bond donors (Lipinski definition) is 0. The summed E-state index contributed by atoms with van der Waals surface area (Å²) in [6, 6.07) is 17.6. The first kappa shape index (κ1) is 28.4. The van der Waals surface area contributed by atoms with Gasteiger partial charge in [-0.1, -0.05) is 60.7 Å². The quantitative estimate of drug-likeness (QED) is 0.368. The maximum absolute atomic E-state index is 13.3. The summed E-state index contributed by atoms with van der Waals surface area (Å²) in [4.78, 5) is 0. The van der Waals surface area contributed by atoms with Crippen LogP contribution in [0.1, 0.15) is 13.8 Å². The molecule has 0 aliphatic carbocycles. The Morgan fingerprint density at radius 2 is 1.12 bits per heavy atom. The molecule has 0 atom stereocenters. The molecule has 11 heteroatoms. The summed E-state index contributed by atoms with van der Waals surface area (Å²) < 4.78 is 83.5. The summed E-state index contributed by atoms with van der Waals surface area (Å²) in [5.74, 6) is 0. The molecule has 2 aromatic rings. The first-order valence-electron chi connectivity index (χ1n) is 9.94. The molecule has 0 aliphatic heterocycles. The van der Waals surface area contributed by atoms with Crippen molar-refractivity contribution in [1.82, 2.24) is 0 Å². The van der Waals surface area contributed by atoms with Gasteiger partial charge in [-0.3, -0.25) is 0 Å². The molecule has 180 valence electrons. The smallest absolute Gasteiger partial charge is 0.416 e. The van der Waals surface area contributed by atoms with Crippen LogP contribution < -0.4 is 10.4 Å². The van der Waals surface area contributed by atoms with Crippen molar-refractivity contribution in [3.63, 3.8) is 0 Å². The van der Waals surface area contributed by atoms with Gasteiger partial charge in [0.15, 0.2) is 0 Å². The number of halogens is 5. The average Bonchev–Trinajstić information content (AvgIpc) is 2.75. The van der Waals surface area contributed by atoms with Crippen molar-refractivity contribution in [1.29, 1.82) is 0 Å². The highest BCUT2D eigenvalue weighted by Gasteiger charge is 2.65. The molecule has 0 radical (unpaired) electrons. The Kier molecular flexibility index (Phi) is 10.7. The molecule has 0 heterocycles. The monoisotopic (exact) mass is 496 g/mol. The van der Waals surface area contributed by atoms with Crippen molar-refractivity contribution >= 4 is 27.5 Å². The third-order valence-corrected chi connectivity index (χ3v) is 10.0. The summed E-state index contributed by atoms with van der Waals surface area (Å²) in [6.45, 7) is 7.05. The Bertz CT molecular complexity index is 784. The molecule has 0 saturated carbocycles. The summed E-state index contributed by atoms with van der Waals surface area (Å²) in [7, 11) is -4.15. The summed E-state index contributed by atoms with van der Waals surface area (Å²) in [5, 5.41) is 1.39. The number of rotatable bonds is 9. The molecular formula is C21H29F5O4Si2. The second-order valence-corrected chi connectivity index (χ2v) is 13.5. The van der Waals surface area contributed by atoms with Crippen molar-refractivity contribution in [3.05, 3.63) is 60.7 Å². The molecule has 0 N–H and O–H groups in total. The van der Waals surface area contributed by atoms with Crippen LogP contribution in [0.4, 0.5) is 22.0 Å². The first-order chi connectivity index (χ1) is 14.8. The van der Waals surface area contributed by atoms with Gasteiger partial charge in [-0.15, -0.1) is 0 Å². The van der Waals surface area contributed by atoms with Gasteiger partial charge in [-0.2, -0.15) is 22.0 Å². The second kappa shape index (κ2) is 12.0. The van der Waals surface area contributed by atoms with Gasteiger partial charge in [0.2, 0.25) is 8.32 Å². The van der Waals surface area contributed by atoms with Gasteiger partial charge in [0.1, 0.15) is 0 Å². The van der Waals surface area contributed by atoms with E-state index >= 15 is 0 Å². The minimum atomic E-state index is -5.85. The van der Waals surface area contributed by atoms with E-state index < -0.39 is 29.4 Å². The minimum Gasteiger partial charge on any atom is -0.416 e. The van der Waals surface area contributed by atoms with Crippen LogP contribution in [0.25, 0.3) is 0 Å². The van der Waals surface area contributed by atoms with Crippen LogP contribution in [0.15, 0.2) is 60.7 Å². The fourth-order valence-corrected chi connectivity index (χ4v) is 6.23. The Labute approximate surface area is 187 Å². The molecule has 0 spiro atoms. The lowest BCUT2D eigenvalue weighted by Crippen LogP contribution is -2.62. The molecule has 2 rings (SSSR count). The topological polar surface area (TPSA) is 36.9 Å². The molecule has 0 bridgehead atoms. The van der Waals surface area contributed by atoms with Crippen LogP contribution in [0.2, 0.25) is 13.1 Å². The van der Waals surface area contributed by atoms with Gasteiger partial charge in [-0.25, -0.2) is 0 Å². The van der Waals surface area contributed by atoms with E-state index in [1.54, 1.807) is 13.2 Å². The molecule has 4 nitrogen and oxygen atoms in total. The van der Waals surface area contributed by atoms with Crippen LogP contribution in [0, 0.1) is 0 Å². The van der Waals surface area contributed by atoms with Crippen LogP contribution >= 0.6 is 0 Å². The van der Waals surface area contributed by atoms with Crippen molar-refractivity contribution in [2.24, 2.45) is 0 Å². The van der Waals surface area contributed by atoms with E-state index in [1.807, 2.05) is 6.07 Å². The van der Waals surface area contributed by atoms with Gasteiger partial charge in [-0.05, 0) is 32.1 Å². The van der Waals surface area contributed by atoms with E-state index in [1.165, 1.54) is 43.3 Å². The number of benzene rings is 2. The fourth-order valence-electron chi connectivity index (χ4n) is 2.53. The van der Waals surface area contributed by atoms with E-state index in [9.17, 15) is 22.0 Å². The largest absolute Gasteiger partial charge is 0.541 e. The molecule has 0 aromatic heterocycles. The number of alkyl halides is 5. The Morgan fingerprint density at radius 1 is 0.719 bits per heavy atom. The van der Waals surface area contributed by atoms with E-state index in [0.29, 0.717) is 0 Å². The lowest BCUT2D eigenvalue weighted by atomic mass is 10.4. The van der Waals surface area contributed by atoms with E-state index in [-0.39, 0.29) is 18.4 Å². The highest BCUT2D eigenvalue weighted by molar-refractivity contribution is 6.84. The summed E-state index contributed by atoms with van der Waals surface area (Å²) in [5.41, 5.74) is 0. The van der Waals surface area contributed by atoms with Crippen molar-refractivity contribution in [2.75, 3.05) is 20.3 Å². The molecule has 0 fully saturated rings. The second-order valence-electron chi connectivity index (χ2n) is 6.99. The predicted molar refractivity (Wildman–Crippen MR) is 118 cm³/mol. The first-order valence-corrected chi connectivity index (χ1v) is 14.6. The van der Waals surface area contributed by atoms with Gasteiger partial charge in [0, 0.05) is 25.5 Å². The molecule has 0 aliphatic rings. The molecule has 0 unspecified atom stereocenters. The van der Waals surface area contributed by atoms with Crippen molar-refractivity contribution < 1.29 is 39.7 Å². The SMILES string of the molecule is CCO[Si](OCC)(OC(F)(F)C(F)(F)F)c1ccccc1.CO[Si](C)(C)c1ccccc1. The third-order valence-electron chi connectivity index (χ3n) is 4.37. The fraction of sp³-hybridized carbons (Fsp3) is 0.429. The van der Waals surface area contributed by atoms with Gasteiger partial charge >= 0.3 is 21.1 Å². The molecular weight excluding hydrogens is 467 g/mol. The number of hydrogen-bond acceptors (Lipinski definition) is 4. The van der Waals surface area contributed by atoms with Crippen LogP contribution in [0.3, 0.4) is 0 Å². The maximum atomic E-state index is 13.3. The average molecular weight is 497 g/mol. The third kappa shape index (κ3) is 7.75. The van der Waals surface area contributed by atoms with E-state index in [0.717, 1.165) is 0 Å². The van der Waals surface area contributed by atoms with Crippen molar-refractivity contribution in [3.8, 4) is 0 Å². The zero-order valence-electron chi connectivity index (χ0n) is 18.7. The van der Waals surface area contributed by atoms with Gasteiger partial charge in [0.05, 0.1) is 0 Å². The van der Waals surface area contributed by atoms with Crippen LogP contribution in [-0.2, 0) is 17.7 Å². The predicted octanol–water partition coefficient (Wildman–Crippen LogP) is 4.82. The molecule has 0 saturated heterocycles. The maximum Gasteiger partial charge on any atom is 0.541 e. The Morgan fingerprint density at radius 3 is 1.47 bits per heavy atom. The Hall–Kier alpha value is -1.64. The lowest BCUT2D eigenvalue weighted by Gasteiger charge is -2.33. The normalized spacial score (nSPS) is 12.8. The van der Waals surface area contributed by atoms with E-state index in [4.69, 9.17) is 13.3 Å². The van der Waals surface area contributed by atoms with Crippen molar-refractivity contribution in [2.45, 2.75) is 39.2 Å². The lowest BCUT2D eigenvalue weighted by molar-refractivity contribution is -0.372. The van der Waals surface area contributed by atoms with Crippen LogP contribution in [-0.4, -0.2) is 49.7 Å². The highest BCUT2D eigenvalue weighted by Crippen LogP contribution is 2.38. The molecule has 2 aromatic carbocycles. The minimum absolute atomic E-state index is 0.0395. The summed E-state index contributed by atoms with van der Waals surface area (Å²) >= 11 is 0. The van der Waals surface area contributed by atoms with Crippen LogP contribution in [0.5, 0.6) is 0 Å².